The molecule has 0 fully saturated rings. The molecule has 0 amide bonds. The van der Waals surface area contributed by atoms with Gasteiger partial charge in [0.25, 0.3) is 0 Å². The van der Waals surface area contributed by atoms with E-state index in [0.717, 1.165) is 55.2 Å². The normalized spacial score (nSPS) is 13.8. The first-order chi connectivity index (χ1) is 9.63. The molecule has 1 N–H and O–H groups in total. The molecule has 1 aliphatic rings. The Kier molecular flexibility index (Phi) is 3.63. The van der Waals surface area contributed by atoms with Crippen LogP contribution in [0.4, 0.5) is 14.5 Å². The van der Waals surface area contributed by atoms with Gasteiger partial charge in [-0.1, -0.05) is 6.92 Å². The number of nitrogens with one attached hydrogen (secondary N) is 1. The van der Waals surface area contributed by atoms with Crippen LogP contribution in [0.5, 0.6) is 0 Å². The first kappa shape index (κ1) is 13.7. The van der Waals surface area contributed by atoms with Crippen LogP contribution in [0.2, 0.25) is 0 Å². The van der Waals surface area contributed by atoms with Crippen molar-refractivity contribution in [3.63, 3.8) is 0 Å². The highest BCUT2D eigenvalue weighted by molar-refractivity contribution is 9.10. The third-order valence-electron chi connectivity index (χ3n) is 3.68. The number of benzene rings is 1. The summed E-state index contributed by atoms with van der Waals surface area (Å²) in [5.41, 5.74) is 3.14. The number of fused-ring (bicyclic) bond motifs is 2. The molecule has 2 aromatic rings. The van der Waals surface area contributed by atoms with E-state index in [1.165, 1.54) is 0 Å². The average molecular weight is 341 g/mol. The molecule has 0 atom stereocenters. The van der Waals surface area contributed by atoms with Gasteiger partial charge >= 0.3 is 0 Å². The summed E-state index contributed by atoms with van der Waals surface area (Å²) in [4.78, 5) is 4.41. The van der Waals surface area contributed by atoms with Gasteiger partial charge in [-0.2, -0.15) is 0 Å². The molecule has 0 radical (unpaired) electrons. The van der Waals surface area contributed by atoms with Crippen LogP contribution >= 0.6 is 15.9 Å². The summed E-state index contributed by atoms with van der Waals surface area (Å²) in [6, 6.07) is 0.893. The Hall–Kier alpha value is -1.23. The molecule has 20 heavy (non-hydrogen) atoms. The number of pyridine rings is 1. The Bertz CT molecular complexity index is 686. The zero-order valence-corrected chi connectivity index (χ0v) is 12.8. The Balaban J connectivity index is 2.35. The SMILES string of the molecule is CCCNc1c2c(nc3c(F)cc(F)c(Br)c13)CCC2. The molecule has 0 unspecified atom stereocenters. The quantitative estimate of drug-likeness (QED) is 0.827. The minimum absolute atomic E-state index is 0.248. The van der Waals surface area contributed by atoms with E-state index in [4.69, 9.17) is 0 Å². The van der Waals surface area contributed by atoms with Crippen molar-refractivity contribution in [3.8, 4) is 0 Å². The molecule has 0 saturated heterocycles. The van der Waals surface area contributed by atoms with Crippen LogP contribution in [0.15, 0.2) is 10.5 Å². The third-order valence-corrected chi connectivity index (χ3v) is 4.46. The number of nitrogens with zero attached hydrogens (tertiary/aromatic N) is 1. The lowest BCUT2D eigenvalue weighted by Gasteiger charge is -2.16. The van der Waals surface area contributed by atoms with Crippen molar-refractivity contribution in [3.05, 3.63) is 33.4 Å². The smallest absolute Gasteiger partial charge is 0.152 e. The summed E-state index contributed by atoms with van der Waals surface area (Å²) < 4.78 is 28.2. The molecule has 3 rings (SSSR count). The van der Waals surface area contributed by atoms with E-state index >= 15 is 0 Å². The maximum Gasteiger partial charge on any atom is 0.152 e. The fourth-order valence-electron chi connectivity index (χ4n) is 2.77. The summed E-state index contributed by atoms with van der Waals surface area (Å²) in [6.07, 6.45) is 3.74. The third kappa shape index (κ3) is 2.08. The summed E-state index contributed by atoms with van der Waals surface area (Å²) >= 11 is 3.24. The monoisotopic (exact) mass is 340 g/mol. The molecule has 1 aliphatic carbocycles. The second-order valence-electron chi connectivity index (χ2n) is 5.07. The van der Waals surface area contributed by atoms with Crippen molar-refractivity contribution in [1.29, 1.82) is 0 Å². The molecule has 0 aliphatic heterocycles. The Labute approximate surface area is 124 Å². The van der Waals surface area contributed by atoms with Crippen molar-refractivity contribution >= 4 is 32.5 Å². The maximum absolute atomic E-state index is 14.0. The standard InChI is InChI=1S/C15H15BrF2N2/c1-2-6-19-14-8-4-3-5-11(8)20-15-10(18)7-9(17)13(16)12(14)15/h7H,2-6H2,1H3,(H,19,20). The van der Waals surface area contributed by atoms with Gasteiger partial charge in [-0.25, -0.2) is 13.8 Å². The van der Waals surface area contributed by atoms with Gasteiger partial charge in [0.2, 0.25) is 0 Å². The van der Waals surface area contributed by atoms with Crippen LogP contribution in [0.25, 0.3) is 10.9 Å². The molecule has 0 saturated carbocycles. The first-order valence-electron chi connectivity index (χ1n) is 6.86. The highest BCUT2D eigenvalue weighted by atomic mass is 79.9. The molecule has 2 nitrogen and oxygen atoms in total. The molecule has 0 spiro atoms. The Morgan fingerprint density at radius 1 is 1.30 bits per heavy atom. The Morgan fingerprint density at radius 2 is 2.10 bits per heavy atom. The van der Waals surface area contributed by atoms with E-state index in [0.29, 0.717) is 5.39 Å². The van der Waals surface area contributed by atoms with Gasteiger partial charge in [0.15, 0.2) is 5.82 Å². The van der Waals surface area contributed by atoms with Gasteiger partial charge in [-0.05, 0) is 47.2 Å². The van der Waals surface area contributed by atoms with Gasteiger partial charge in [0.1, 0.15) is 11.3 Å². The van der Waals surface area contributed by atoms with Gasteiger partial charge in [0.05, 0.1) is 4.47 Å². The van der Waals surface area contributed by atoms with Crippen molar-refractivity contribution in [2.24, 2.45) is 0 Å². The second kappa shape index (κ2) is 5.28. The summed E-state index contributed by atoms with van der Waals surface area (Å²) in [7, 11) is 0. The van der Waals surface area contributed by atoms with Gasteiger partial charge < -0.3 is 5.32 Å². The van der Waals surface area contributed by atoms with Crippen LogP contribution in [0.3, 0.4) is 0 Å². The Morgan fingerprint density at radius 3 is 2.85 bits per heavy atom. The zero-order valence-electron chi connectivity index (χ0n) is 11.2. The largest absolute Gasteiger partial charge is 0.384 e. The van der Waals surface area contributed by atoms with Crippen LogP contribution in [-0.4, -0.2) is 11.5 Å². The predicted octanol–water partition coefficient (Wildman–Crippen LogP) is 4.59. The van der Waals surface area contributed by atoms with Crippen molar-refractivity contribution in [2.45, 2.75) is 32.6 Å². The number of rotatable bonds is 3. The summed E-state index contributed by atoms with van der Waals surface area (Å²) in [5.74, 6) is -1.19. The minimum atomic E-state index is -0.602. The van der Waals surface area contributed by atoms with Crippen molar-refractivity contribution in [1.82, 2.24) is 4.98 Å². The molecule has 106 valence electrons. The highest BCUT2D eigenvalue weighted by Gasteiger charge is 2.23. The summed E-state index contributed by atoms with van der Waals surface area (Å²) in [6.45, 7) is 2.84. The van der Waals surface area contributed by atoms with Crippen LogP contribution in [-0.2, 0) is 12.8 Å². The lowest BCUT2D eigenvalue weighted by molar-refractivity contribution is 0.586. The topological polar surface area (TPSA) is 24.9 Å². The maximum atomic E-state index is 14.0. The number of hydrogen-bond acceptors (Lipinski definition) is 2. The van der Waals surface area contributed by atoms with Crippen LogP contribution in [0.1, 0.15) is 31.0 Å². The number of anilines is 1. The molecule has 1 heterocycles. The van der Waals surface area contributed by atoms with E-state index in [1.54, 1.807) is 0 Å². The molecular formula is C15H15BrF2N2. The summed E-state index contributed by atoms with van der Waals surface area (Å²) in [5, 5.41) is 3.85. The molecule has 1 aromatic carbocycles. The molecule has 5 heteroatoms. The highest BCUT2D eigenvalue weighted by Crippen LogP contribution is 2.39. The molecular weight excluding hydrogens is 326 g/mol. The first-order valence-corrected chi connectivity index (χ1v) is 7.65. The lowest BCUT2D eigenvalue weighted by atomic mass is 10.1. The van der Waals surface area contributed by atoms with E-state index in [-0.39, 0.29) is 9.99 Å². The minimum Gasteiger partial charge on any atom is -0.384 e. The van der Waals surface area contributed by atoms with Gasteiger partial charge in [-0.3, -0.25) is 0 Å². The van der Waals surface area contributed by atoms with E-state index in [1.807, 2.05) is 0 Å². The van der Waals surface area contributed by atoms with E-state index in [2.05, 4.69) is 33.2 Å². The second-order valence-corrected chi connectivity index (χ2v) is 5.86. The van der Waals surface area contributed by atoms with E-state index < -0.39 is 11.6 Å². The molecule has 1 aromatic heterocycles. The van der Waals surface area contributed by atoms with Crippen LogP contribution in [0, 0.1) is 11.6 Å². The number of halogens is 3. The zero-order chi connectivity index (χ0) is 14.3. The number of aromatic nitrogens is 1. The average Bonchev–Trinajstić information content (AvgIpc) is 2.89. The van der Waals surface area contributed by atoms with Crippen LogP contribution < -0.4 is 5.32 Å². The lowest BCUT2D eigenvalue weighted by Crippen LogP contribution is -2.07. The number of aryl methyl sites for hydroxylation is 1. The van der Waals surface area contributed by atoms with Crippen molar-refractivity contribution in [2.75, 3.05) is 11.9 Å². The van der Waals surface area contributed by atoms with E-state index in [9.17, 15) is 8.78 Å². The van der Waals surface area contributed by atoms with Gasteiger partial charge in [0, 0.05) is 29.4 Å². The van der Waals surface area contributed by atoms with Crippen molar-refractivity contribution < 1.29 is 8.78 Å². The van der Waals surface area contributed by atoms with Gasteiger partial charge in [-0.15, -0.1) is 0 Å². The molecule has 0 bridgehead atoms. The fourth-order valence-corrected chi connectivity index (χ4v) is 3.28. The fraction of sp³-hybridized carbons (Fsp3) is 0.400. The predicted molar refractivity (Wildman–Crippen MR) is 80.2 cm³/mol. The number of hydrogen-bond donors (Lipinski definition) is 1.